The van der Waals surface area contributed by atoms with Crippen LogP contribution in [0.1, 0.15) is 48.9 Å². The first-order valence-electron chi connectivity index (χ1n) is 12.6. The Kier molecular flexibility index (Phi) is 8.65. The van der Waals surface area contributed by atoms with Crippen LogP contribution in [-0.2, 0) is 19.3 Å². The monoisotopic (exact) mass is 506 g/mol. The molecule has 4 aromatic rings. The van der Waals surface area contributed by atoms with Gasteiger partial charge in [0.15, 0.2) is 0 Å². The van der Waals surface area contributed by atoms with Crippen molar-refractivity contribution in [1.82, 2.24) is 0 Å². The Bertz CT molecular complexity index is 1330. The molecule has 0 spiro atoms. The van der Waals surface area contributed by atoms with E-state index >= 15 is 8.78 Å². The van der Waals surface area contributed by atoms with E-state index in [1.807, 2.05) is 31.2 Å². The van der Waals surface area contributed by atoms with Crippen molar-refractivity contribution in [2.75, 3.05) is 6.61 Å². The molecular formula is C32H30F4O. The van der Waals surface area contributed by atoms with E-state index in [0.29, 0.717) is 36.3 Å². The molecule has 192 valence electrons. The molecule has 1 nitrogen and oxygen atoms in total. The molecule has 0 aliphatic rings. The van der Waals surface area contributed by atoms with Crippen molar-refractivity contribution >= 4 is 0 Å². The number of aryl methyl sites for hydroxylation is 3. The van der Waals surface area contributed by atoms with Crippen LogP contribution in [0.15, 0.2) is 78.9 Å². The summed E-state index contributed by atoms with van der Waals surface area (Å²) in [7, 11) is 0. The maximum absolute atomic E-state index is 15.3. The minimum atomic E-state index is -3.03. The van der Waals surface area contributed by atoms with Gasteiger partial charge in [0.25, 0.3) is 6.43 Å². The van der Waals surface area contributed by atoms with Crippen LogP contribution >= 0.6 is 0 Å². The Hall–Kier alpha value is -3.60. The highest BCUT2D eigenvalue weighted by Crippen LogP contribution is 2.37. The van der Waals surface area contributed by atoms with E-state index in [9.17, 15) is 8.78 Å². The second-order valence-electron chi connectivity index (χ2n) is 9.04. The Morgan fingerprint density at radius 1 is 0.703 bits per heavy atom. The van der Waals surface area contributed by atoms with Crippen LogP contribution in [0.25, 0.3) is 22.3 Å². The molecule has 0 saturated carbocycles. The summed E-state index contributed by atoms with van der Waals surface area (Å²) in [4.78, 5) is 0. The van der Waals surface area contributed by atoms with Gasteiger partial charge in [0, 0.05) is 5.56 Å². The van der Waals surface area contributed by atoms with Crippen molar-refractivity contribution in [3.8, 4) is 28.0 Å². The number of ether oxygens (including phenoxy) is 1. The maximum Gasteiger partial charge on any atom is 0.267 e. The molecule has 4 rings (SSSR count). The maximum atomic E-state index is 15.3. The minimum Gasteiger partial charge on any atom is -0.494 e. The number of hydrogen-bond acceptors (Lipinski definition) is 1. The lowest BCUT2D eigenvalue weighted by atomic mass is 9.93. The topological polar surface area (TPSA) is 9.23 Å². The molecule has 0 heterocycles. The highest BCUT2D eigenvalue weighted by Gasteiger charge is 2.23. The van der Waals surface area contributed by atoms with E-state index in [0.717, 1.165) is 18.4 Å². The first kappa shape index (κ1) is 26.5. The van der Waals surface area contributed by atoms with Crippen LogP contribution in [0, 0.1) is 11.6 Å². The van der Waals surface area contributed by atoms with Crippen LogP contribution in [0.4, 0.5) is 17.6 Å². The van der Waals surface area contributed by atoms with Crippen molar-refractivity contribution in [2.45, 2.75) is 46.0 Å². The molecule has 0 fully saturated rings. The summed E-state index contributed by atoms with van der Waals surface area (Å²) in [5, 5.41) is 0. The van der Waals surface area contributed by atoms with Gasteiger partial charge in [-0.25, -0.2) is 17.6 Å². The molecule has 0 aromatic heterocycles. The summed E-state index contributed by atoms with van der Waals surface area (Å²) in [6.07, 6.45) is -0.392. The fraction of sp³-hybridized carbons (Fsp3) is 0.250. The van der Waals surface area contributed by atoms with Crippen LogP contribution in [0.3, 0.4) is 0 Å². The first-order chi connectivity index (χ1) is 17.9. The zero-order chi connectivity index (χ0) is 26.4. The van der Waals surface area contributed by atoms with E-state index in [1.165, 1.54) is 29.8 Å². The number of benzene rings is 4. The third kappa shape index (κ3) is 6.22. The van der Waals surface area contributed by atoms with Crippen LogP contribution in [0.2, 0.25) is 0 Å². The molecule has 5 heteroatoms. The molecule has 4 aromatic carbocycles. The predicted octanol–water partition coefficient (Wildman–Crippen LogP) is 9.37. The lowest BCUT2D eigenvalue weighted by molar-refractivity contribution is 0.147. The summed E-state index contributed by atoms with van der Waals surface area (Å²) in [6.45, 7) is 4.67. The Labute approximate surface area is 215 Å². The molecule has 0 aliphatic carbocycles. The van der Waals surface area contributed by atoms with Gasteiger partial charge in [-0.1, -0.05) is 74.5 Å². The van der Waals surface area contributed by atoms with Gasteiger partial charge in [-0.15, -0.1) is 0 Å². The van der Waals surface area contributed by atoms with Gasteiger partial charge in [-0.3, -0.25) is 0 Å². The van der Waals surface area contributed by atoms with Crippen molar-refractivity contribution < 1.29 is 22.3 Å². The fourth-order valence-corrected chi connectivity index (χ4v) is 4.38. The van der Waals surface area contributed by atoms with Crippen LogP contribution in [-0.4, -0.2) is 6.61 Å². The van der Waals surface area contributed by atoms with Gasteiger partial charge in [0.2, 0.25) is 0 Å². The third-order valence-corrected chi connectivity index (χ3v) is 6.51. The third-order valence-electron chi connectivity index (χ3n) is 6.51. The van der Waals surface area contributed by atoms with E-state index in [2.05, 4.69) is 6.92 Å². The smallest absolute Gasteiger partial charge is 0.267 e. The quantitative estimate of drug-likeness (QED) is 0.195. The van der Waals surface area contributed by atoms with Gasteiger partial charge >= 0.3 is 0 Å². The lowest BCUT2D eigenvalue weighted by Gasteiger charge is -2.15. The molecule has 0 N–H and O–H groups in total. The minimum absolute atomic E-state index is 0.00249. The van der Waals surface area contributed by atoms with Gasteiger partial charge in [-0.2, -0.15) is 0 Å². The summed E-state index contributed by atoms with van der Waals surface area (Å²) in [6, 6.07) is 22.3. The number of alkyl halides is 2. The van der Waals surface area contributed by atoms with Crippen molar-refractivity contribution in [1.29, 1.82) is 0 Å². The van der Waals surface area contributed by atoms with Crippen molar-refractivity contribution in [3.05, 3.63) is 113 Å². The Balaban J connectivity index is 1.58. The molecule has 0 atom stereocenters. The zero-order valence-corrected chi connectivity index (χ0v) is 21.0. The lowest BCUT2D eigenvalue weighted by Crippen LogP contribution is -2.03. The van der Waals surface area contributed by atoms with E-state index < -0.39 is 23.6 Å². The van der Waals surface area contributed by atoms with E-state index in [1.54, 1.807) is 30.3 Å². The number of hydrogen-bond donors (Lipinski definition) is 0. The summed E-state index contributed by atoms with van der Waals surface area (Å²) < 4.78 is 64.0. The highest BCUT2D eigenvalue weighted by molar-refractivity contribution is 5.73. The van der Waals surface area contributed by atoms with Gasteiger partial charge in [-0.05, 0) is 77.3 Å². The average Bonchev–Trinajstić information content (AvgIpc) is 2.91. The molecule has 0 bridgehead atoms. The standard InChI is InChI=1S/C32H30F4O/c1-3-19-37-26-15-11-23(12-16-26)27-17-14-25(20-29(27)33)28-18-13-24(31(34)30(28)32(35)36)10-9-22-7-5-21(4-2)6-8-22/h5-8,11-18,20,32H,3-4,9-10,19H2,1-2H3. The normalized spacial score (nSPS) is 11.2. The van der Waals surface area contributed by atoms with E-state index in [-0.39, 0.29) is 16.7 Å². The Morgan fingerprint density at radius 2 is 1.35 bits per heavy atom. The largest absolute Gasteiger partial charge is 0.494 e. The van der Waals surface area contributed by atoms with Gasteiger partial charge < -0.3 is 4.74 Å². The summed E-state index contributed by atoms with van der Waals surface area (Å²) in [5.41, 5.74) is 2.92. The summed E-state index contributed by atoms with van der Waals surface area (Å²) in [5.74, 6) is -0.803. The molecule has 0 unspecified atom stereocenters. The molecular weight excluding hydrogens is 476 g/mol. The second-order valence-corrected chi connectivity index (χ2v) is 9.04. The molecule has 0 radical (unpaired) electrons. The molecule has 37 heavy (non-hydrogen) atoms. The van der Waals surface area contributed by atoms with Crippen molar-refractivity contribution in [3.63, 3.8) is 0 Å². The molecule has 0 aliphatic heterocycles. The van der Waals surface area contributed by atoms with Gasteiger partial charge in [0.1, 0.15) is 17.4 Å². The SMILES string of the molecule is CCCOc1ccc(-c2ccc(-c3ccc(CCc4ccc(CC)cc4)c(F)c3C(F)F)cc2F)cc1. The van der Waals surface area contributed by atoms with Crippen LogP contribution in [0.5, 0.6) is 5.75 Å². The van der Waals surface area contributed by atoms with Crippen LogP contribution < -0.4 is 4.74 Å². The molecule has 0 amide bonds. The van der Waals surface area contributed by atoms with Crippen molar-refractivity contribution in [2.24, 2.45) is 0 Å². The number of rotatable bonds is 10. The zero-order valence-electron chi connectivity index (χ0n) is 21.0. The Morgan fingerprint density at radius 3 is 1.97 bits per heavy atom. The fourth-order valence-electron chi connectivity index (χ4n) is 4.38. The average molecular weight is 507 g/mol. The predicted molar refractivity (Wildman–Crippen MR) is 141 cm³/mol. The van der Waals surface area contributed by atoms with E-state index in [4.69, 9.17) is 4.74 Å². The highest BCUT2D eigenvalue weighted by atomic mass is 19.3. The second kappa shape index (κ2) is 12.1. The summed E-state index contributed by atoms with van der Waals surface area (Å²) >= 11 is 0. The molecule has 0 saturated heterocycles. The van der Waals surface area contributed by atoms with Gasteiger partial charge in [0.05, 0.1) is 12.2 Å². The first-order valence-corrected chi connectivity index (χ1v) is 12.6. The number of halogens is 4.